The number of nitrogens with one attached hydrogen (secondary N) is 1. The maximum atomic E-state index is 12.8. The lowest BCUT2D eigenvalue weighted by molar-refractivity contribution is 0.186. The average molecular weight is 348 g/mol. The molecular formula is C20H20N4O2. The van der Waals surface area contributed by atoms with Gasteiger partial charge in [0.25, 0.3) is 0 Å². The third-order valence-electron chi connectivity index (χ3n) is 4.60. The van der Waals surface area contributed by atoms with Gasteiger partial charge in [0.2, 0.25) is 0 Å². The molecule has 0 spiro atoms. The quantitative estimate of drug-likeness (QED) is 0.589. The van der Waals surface area contributed by atoms with Gasteiger partial charge in [-0.15, -0.1) is 0 Å². The minimum atomic E-state index is -0.205. The Morgan fingerprint density at radius 3 is 2.81 bits per heavy atom. The summed E-state index contributed by atoms with van der Waals surface area (Å²) < 4.78 is 7.57. The molecule has 26 heavy (non-hydrogen) atoms. The van der Waals surface area contributed by atoms with Gasteiger partial charge in [0.1, 0.15) is 17.7 Å². The summed E-state index contributed by atoms with van der Waals surface area (Å²) in [6.07, 6.45) is 1.61. The van der Waals surface area contributed by atoms with Crippen molar-refractivity contribution in [1.29, 1.82) is 0 Å². The van der Waals surface area contributed by atoms with E-state index in [1.807, 2.05) is 68.4 Å². The second-order valence-corrected chi connectivity index (χ2v) is 6.17. The number of para-hydroxylation sites is 3. The third-order valence-corrected chi connectivity index (χ3v) is 4.60. The van der Waals surface area contributed by atoms with Crippen LogP contribution in [0.4, 0.5) is 4.79 Å². The Labute approximate surface area is 151 Å². The zero-order valence-corrected chi connectivity index (χ0v) is 14.7. The van der Waals surface area contributed by atoms with Crippen LogP contribution in [0.1, 0.15) is 25.6 Å². The number of carbonyl (C=O) groups is 1. The summed E-state index contributed by atoms with van der Waals surface area (Å²) in [7, 11) is 0. The smallest absolute Gasteiger partial charge is 0.337 e. The number of aromatic nitrogens is 2. The van der Waals surface area contributed by atoms with Crippen LogP contribution in [0.5, 0.6) is 0 Å². The highest BCUT2D eigenvalue weighted by Gasteiger charge is 2.23. The van der Waals surface area contributed by atoms with E-state index in [4.69, 9.17) is 4.42 Å². The van der Waals surface area contributed by atoms with Crippen molar-refractivity contribution in [3.63, 3.8) is 0 Å². The second-order valence-electron chi connectivity index (χ2n) is 6.17. The summed E-state index contributed by atoms with van der Waals surface area (Å²) in [4.78, 5) is 18.9. The van der Waals surface area contributed by atoms with Crippen molar-refractivity contribution < 1.29 is 9.21 Å². The van der Waals surface area contributed by atoms with Crippen molar-refractivity contribution in [3.05, 3.63) is 66.7 Å². The lowest BCUT2D eigenvalue weighted by Crippen LogP contribution is -2.39. The van der Waals surface area contributed by atoms with E-state index in [-0.39, 0.29) is 12.1 Å². The van der Waals surface area contributed by atoms with E-state index in [0.29, 0.717) is 6.54 Å². The molecule has 0 saturated heterocycles. The summed E-state index contributed by atoms with van der Waals surface area (Å²) in [5.41, 5.74) is 5.41. The first kappa shape index (κ1) is 16.2. The van der Waals surface area contributed by atoms with Gasteiger partial charge in [-0.05, 0) is 38.1 Å². The van der Waals surface area contributed by atoms with E-state index in [1.54, 1.807) is 15.9 Å². The van der Waals surface area contributed by atoms with Crippen molar-refractivity contribution in [2.45, 2.75) is 19.9 Å². The van der Waals surface area contributed by atoms with Crippen LogP contribution in [0.3, 0.4) is 0 Å². The van der Waals surface area contributed by atoms with E-state index in [2.05, 4.69) is 10.4 Å². The van der Waals surface area contributed by atoms with Gasteiger partial charge in [0.15, 0.2) is 0 Å². The van der Waals surface area contributed by atoms with Crippen LogP contribution in [0.25, 0.3) is 22.0 Å². The van der Waals surface area contributed by atoms with E-state index < -0.39 is 0 Å². The van der Waals surface area contributed by atoms with Gasteiger partial charge < -0.3 is 9.32 Å². The Morgan fingerprint density at radius 1 is 1.23 bits per heavy atom. The van der Waals surface area contributed by atoms with Crippen LogP contribution in [0.2, 0.25) is 0 Å². The first-order valence-corrected chi connectivity index (χ1v) is 8.65. The fraction of sp³-hybridized carbons (Fsp3) is 0.200. The lowest BCUT2D eigenvalue weighted by Gasteiger charge is -2.27. The van der Waals surface area contributed by atoms with Gasteiger partial charge in [-0.25, -0.2) is 19.9 Å². The molecule has 1 N–H and O–H groups in total. The molecule has 0 radical (unpaired) electrons. The molecule has 0 fully saturated rings. The maximum absolute atomic E-state index is 12.8. The lowest BCUT2D eigenvalue weighted by atomic mass is 10.2. The monoisotopic (exact) mass is 348 g/mol. The molecule has 6 nitrogen and oxygen atoms in total. The van der Waals surface area contributed by atoms with Crippen LogP contribution in [-0.2, 0) is 0 Å². The Balaban J connectivity index is 1.58. The number of benzene rings is 2. The third kappa shape index (κ3) is 2.79. The van der Waals surface area contributed by atoms with Gasteiger partial charge in [-0.2, -0.15) is 0 Å². The molecule has 4 aromatic rings. The molecule has 0 aliphatic carbocycles. The Bertz CT molecular complexity index is 1030. The predicted octanol–water partition coefficient (Wildman–Crippen LogP) is 4.53. The van der Waals surface area contributed by atoms with Crippen LogP contribution >= 0.6 is 0 Å². The first-order valence-electron chi connectivity index (χ1n) is 8.65. The van der Waals surface area contributed by atoms with Crippen LogP contribution in [0.15, 0.2) is 65.3 Å². The summed E-state index contributed by atoms with van der Waals surface area (Å²) in [6, 6.07) is 17.1. The molecule has 132 valence electrons. The van der Waals surface area contributed by atoms with E-state index in [1.165, 1.54) is 0 Å². The molecule has 2 aromatic carbocycles. The molecule has 0 aliphatic heterocycles. The van der Waals surface area contributed by atoms with Gasteiger partial charge in [-0.3, -0.25) is 0 Å². The largest absolute Gasteiger partial charge is 0.459 e. The van der Waals surface area contributed by atoms with Gasteiger partial charge in [0, 0.05) is 11.9 Å². The fourth-order valence-electron chi connectivity index (χ4n) is 3.17. The SMILES string of the molecule is CCN(C(=O)Nn1cnc2ccccc21)C(C)c1cc2ccccc2o1. The molecule has 0 bridgehead atoms. The predicted molar refractivity (Wildman–Crippen MR) is 101 cm³/mol. The Hall–Kier alpha value is -3.28. The minimum Gasteiger partial charge on any atom is -0.459 e. The molecule has 6 heteroatoms. The summed E-state index contributed by atoms with van der Waals surface area (Å²) in [5, 5.41) is 1.03. The normalized spacial score (nSPS) is 12.4. The second kappa shape index (κ2) is 6.55. The molecule has 2 aromatic heterocycles. The average Bonchev–Trinajstić information content (AvgIpc) is 3.26. The molecule has 2 heterocycles. The number of rotatable bonds is 4. The van der Waals surface area contributed by atoms with Crippen molar-refractivity contribution in [2.24, 2.45) is 0 Å². The minimum absolute atomic E-state index is 0.192. The fourth-order valence-corrected chi connectivity index (χ4v) is 3.17. The molecular weight excluding hydrogens is 328 g/mol. The van der Waals surface area contributed by atoms with Crippen LogP contribution < -0.4 is 5.43 Å². The molecule has 0 aliphatic rings. The molecule has 4 rings (SSSR count). The Kier molecular flexibility index (Phi) is 4.08. The van der Waals surface area contributed by atoms with Gasteiger partial charge in [-0.1, -0.05) is 30.3 Å². The number of nitrogens with zero attached hydrogens (tertiary/aromatic N) is 3. The van der Waals surface area contributed by atoms with Gasteiger partial charge >= 0.3 is 6.03 Å². The zero-order chi connectivity index (χ0) is 18.1. The topological polar surface area (TPSA) is 63.3 Å². The van der Waals surface area contributed by atoms with E-state index >= 15 is 0 Å². The van der Waals surface area contributed by atoms with Crippen molar-refractivity contribution in [1.82, 2.24) is 14.6 Å². The molecule has 1 atom stereocenters. The summed E-state index contributed by atoms with van der Waals surface area (Å²) in [6.45, 7) is 4.47. The van der Waals surface area contributed by atoms with Crippen LogP contribution in [0, 0.1) is 0 Å². The number of hydrogen-bond acceptors (Lipinski definition) is 3. The summed E-state index contributed by atoms with van der Waals surface area (Å²) in [5.74, 6) is 0.763. The highest BCUT2D eigenvalue weighted by molar-refractivity contribution is 5.85. The molecule has 2 amide bonds. The number of furan rings is 1. The zero-order valence-electron chi connectivity index (χ0n) is 14.7. The van der Waals surface area contributed by atoms with Crippen molar-refractivity contribution >= 4 is 28.0 Å². The molecule has 0 saturated carbocycles. The highest BCUT2D eigenvalue weighted by atomic mass is 16.3. The highest BCUT2D eigenvalue weighted by Crippen LogP contribution is 2.27. The number of imidazole rings is 1. The number of fused-ring (bicyclic) bond motifs is 2. The maximum Gasteiger partial charge on any atom is 0.337 e. The van der Waals surface area contributed by atoms with Crippen LogP contribution in [-0.4, -0.2) is 27.1 Å². The standard InChI is InChI=1S/C20H20N4O2/c1-3-23(14(2)19-12-15-8-4-7-11-18(15)26-19)20(25)22-24-13-21-16-9-5-6-10-17(16)24/h4-14H,3H2,1-2H3,(H,22,25). The van der Waals surface area contributed by atoms with Crippen molar-refractivity contribution in [3.8, 4) is 0 Å². The van der Waals surface area contributed by atoms with E-state index in [9.17, 15) is 4.79 Å². The van der Waals surface area contributed by atoms with Crippen molar-refractivity contribution in [2.75, 3.05) is 12.0 Å². The van der Waals surface area contributed by atoms with E-state index in [0.717, 1.165) is 27.8 Å². The number of hydrogen-bond donors (Lipinski definition) is 1. The number of carbonyl (C=O) groups excluding carboxylic acids is 1. The number of urea groups is 1. The number of amides is 2. The Morgan fingerprint density at radius 2 is 2.00 bits per heavy atom. The molecule has 1 unspecified atom stereocenters. The van der Waals surface area contributed by atoms with Gasteiger partial charge in [0.05, 0.1) is 17.1 Å². The summed E-state index contributed by atoms with van der Waals surface area (Å²) >= 11 is 0. The first-order chi connectivity index (χ1) is 12.7.